The molecule has 0 radical (unpaired) electrons. The zero-order chi connectivity index (χ0) is 13.5. The molecule has 102 valence electrons. The zero-order valence-electron chi connectivity index (χ0n) is 11.3. The highest BCUT2D eigenvalue weighted by Gasteiger charge is 2.14. The predicted molar refractivity (Wildman–Crippen MR) is 73.9 cm³/mol. The van der Waals surface area contributed by atoms with Crippen molar-refractivity contribution in [3.8, 4) is 0 Å². The van der Waals surface area contributed by atoms with Crippen molar-refractivity contribution in [1.29, 1.82) is 0 Å². The van der Waals surface area contributed by atoms with Crippen LogP contribution in [0.25, 0.3) is 0 Å². The lowest BCUT2D eigenvalue weighted by Gasteiger charge is -2.17. The fourth-order valence-electron chi connectivity index (χ4n) is 2.24. The molecule has 1 aliphatic carbocycles. The van der Waals surface area contributed by atoms with Crippen LogP contribution in [0.3, 0.4) is 0 Å². The number of ether oxygens (including phenoxy) is 2. The van der Waals surface area contributed by atoms with Gasteiger partial charge in [0, 0.05) is 7.11 Å². The molecule has 3 nitrogen and oxygen atoms in total. The number of hydrogen-bond donors (Lipinski definition) is 0. The monoisotopic (exact) mass is 260 g/mol. The Kier molecular flexibility index (Phi) is 5.16. The summed E-state index contributed by atoms with van der Waals surface area (Å²) in [4.78, 5) is 12.0. The molecule has 1 aliphatic rings. The number of hydrogen-bond acceptors (Lipinski definition) is 3. The SMILES string of the molecule is COCc1cccc(C(=O)OCC2CC=CCC2)c1. The highest BCUT2D eigenvalue weighted by Crippen LogP contribution is 2.19. The van der Waals surface area contributed by atoms with E-state index >= 15 is 0 Å². The summed E-state index contributed by atoms with van der Waals surface area (Å²) < 4.78 is 10.4. The maximum absolute atomic E-state index is 12.0. The van der Waals surface area contributed by atoms with Crippen molar-refractivity contribution in [3.05, 3.63) is 47.5 Å². The average Bonchev–Trinajstić information content (AvgIpc) is 2.46. The topological polar surface area (TPSA) is 35.5 Å². The number of rotatable bonds is 5. The molecular formula is C16H20O3. The number of esters is 1. The Labute approximate surface area is 114 Å². The van der Waals surface area contributed by atoms with Gasteiger partial charge in [-0.1, -0.05) is 24.3 Å². The van der Waals surface area contributed by atoms with E-state index in [4.69, 9.17) is 9.47 Å². The second-order valence-corrected chi connectivity index (χ2v) is 4.88. The molecule has 1 aromatic carbocycles. The van der Waals surface area contributed by atoms with Gasteiger partial charge >= 0.3 is 5.97 Å². The second-order valence-electron chi connectivity index (χ2n) is 4.88. The smallest absolute Gasteiger partial charge is 0.338 e. The lowest BCUT2D eigenvalue weighted by atomic mass is 9.95. The third kappa shape index (κ3) is 4.21. The minimum atomic E-state index is -0.243. The van der Waals surface area contributed by atoms with Crippen molar-refractivity contribution in [2.24, 2.45) is 5.92 Å². The van der Waals surface area contributed by atoms with Crippen LogP contribution in [0.5, 0.6) is 0 Å². The third-order valence-electron chi connectivity index (χ3n) is 3.30. The van der Waals surface area contributed by atoms with Gasteiger partial charge in [0.05, 0.1) is 18.8 Å². The summed E-state index contributed by atoms with van der Waals surface area (Å²) in [6.45, 7) is 1.02. The fraction of sp³-hybridized carbons (Fsp3) is 0.438. The average molecular weight is 260 g/mol. The summed E-state index contributed by atoms with van der Waals surface area (Å²) >= 11 is 0. The van der Waals surface area contributed by atoms with E-state index in [1.165, 1.54) is 0 Å². The summed E-state index contributed by atoms with van der Waals surface area (Å²) in [5.41, 5.74) is 1.58. The summed E-state index contributed by atoms with van der Waals surface area (Å²) in [5, 5.41) is 0. The van der Waals surface area contributed by atoms with Gasteiger partial charge in [-0.25, -0.2) is 4.79 Å². The first-order valence-corrected chi connectivity index (χ1v) is 6.69. The number of benzene rings is 1. The molecule has 0 N–H and O–H groups in total. The van der Waals surface area contributed by atoms with Crippen molar-refractivity contribution in [2.75, 3.05) is 13.7 Å². The van der Waals surface area contributed by atoms with E-state index in [1.807, 2.05) is 18.2 Å². The Balaban J connectivity index is 1.88. The van der Waals surface area contributed by atoms with Gasteiger partial charge in [0.2, 0.25) is 0 Å². The molecule has 1 aromatic rings. The molecule has 0 bridgehead atoms. The van der Waals surface area contributed by atoms with Gasteiger partial charge in [-0.15, -0.1) is 0 Å². The Morgan fingerprint density at radius 2 is 2.26 bits per heavy atom. The largest absolute Gasteiger partial charge is 0.462 e. The molecule has 2 rings (SSSR count). The van der Waals surface area contributed by atoms with Crippen molar-refractivity contribution in [3.63, 3.8) is 0 Å². The molecule has 0 spiro atoms. The molecule has 3 heteroatoms. The summed E-state index contributed by atoms with van der Waals surface area (Å²) in [7, 11) is 1.64. The Bertz CT molecular complexity index is 451. The van der Waals surface area contributed by atoms with Gasteiger partial charge in [0.15, 0.2) is 0 Å². The Morgan fingerprint density at radius 3 is 3.00 bits per heavy atom. The van der Waals surface area contributed by atoms with Crippen LogP contribution in [-0.2, 0) is 16.1 Å². The molecule has 0 saturated heterocycles. The van der Waals surface area contributed by atoms with Crippen LogP contribution in [-0.4, -0.2) is 19.7 Å². The van der Waals surface area contributed by atoms with Crippen molar-refractivity contribution < 1.29 is 14.3 Å². The van der Waals surface area contributed by atoms with Crippen LogP contribution in [0.15, 0.2) is 36.4 Å². The zero-order valence-corrected chi connectivity index (χ0v) is 11.3. The second kappa shape index (κ2) is 7.10. The number of carbonyl (C=O) groups is 1. The molecule has 19 heavy (non-hydrogen) atoms. The number of carbonyl (C=O) groups excluding carboxylic acids is 1. The van der Waals surface area contributed by atoms with Crippen molar-refractivity contribution >= 4 is 5.97 Å². The van der Waals surface area contributed by atoms with E-state index in [9.17, 15) is 4.79 Å². The number of allylic oxidation sites excluding steroid dienone is 2. The summed E-state index contributed by atoms with van der Waals surface area (Å²) in [5.74, 6) is 0.226. The maximum Gasteiger partial charge on any atom is 0.338 e. The molecule has 0 amide bonds. The first-order valence-electron chi connectivity index (χ1n) is 6.69. The Morgan fingerprint density at radius 1 is 1.37 bits per heavy atom. The molecule has 0 fully saturated rings. The highest BCUT2D eigenvalue weighted by atomic mass is 16.5. The molecule has 1 atom stereocenters. The lowest BCUT2D eigenvalue weighted by Crippen LogP contribution is -2.15. The van der Waals surface area contributed by atoms with Crippen LogP contribution < -0.4 is 0 Å². The Hall–Kier alpha value is -1.61. The van der Waals surface area contributed by atoms with Crippen LogP contribution in [0.4, 0.5) is 0 Å². The lowest BCUT2D eigenvalue weighted by molar-refractivity contribution is 0.0432. The van der Waals surface area contributed by atoms with E-state index < -0.39 is 0 Å². The minimum absolute atomic E-state index is 0.243. The molecule has 0 heterocycles. The van der Waals surface area contributed by atoms with E-state index in [0.29, 0.717) is 24.7 Å². The molecule has 1 unspecified atom stereocenters. The molecule has 0 aromatic heterocycles. The molecular weight excluding hydrogens is 240 g/mol. The summed E-state index contributed by atoms with van der Waals surface area (Å²) in [6, 6.07) is 7.40. The van der Waals surface area contributed by atoms with E-state index in [2.05, 4.69) is 12.2 Å². The van der Waals surface area contributed by atoms with E-state index in [-0.39, 0.29) is 5.97 Å². The van der Waals surface area contributed by atoms with Gasteiger partial charge in [-0.05, 0) is 42.9 Å². The third-order valence-corrected chi connectivity index (χ3v) is 3.30. The summed E-state index contributed by atoms with van der Waals surface area (Å²) in [6.07, 6.45) is 7.56. The predicted octanol–water partition coefficient (Wildman–Crippen LogP) is 3.35. The van der Waals surface area contributed by atoms with Gasteiger partial charge in [0.1, 0.15) is 0 Å². The van der Waals surface area contributed by atoms with Crippen LogP contribution in [0.1, 0.15) is 35.2 Å². The first kappa shape index (κ1) is 13.8. The van der Waals surface area contributed by atoms with E-state index in [0.717, 1.165) is 24.8 Å². The standard InChI is InChI=1S/C16H20O3/c1-18-11-14-8-5-9-15(10-14)16(17)19-12-13-6-3-2-4-7-13/h2-3,5,8-10,13H,4,6-7,11-12H2,1H3. The molecule has 0 aliphatic heterocycles. The fourth-order valence-corrected chi connectivity index (χ4v) is 2.24. The normalized spacial score (nSPS) is 18.3. The first-order chi connectivity index (χ1) is 9.29. The van der Waals surface area contributed by atoms with Gasteiger partial charge in [-0.3, -0.25) is 0 Å². The number of methoxy groups -OCH3 is 1. The maximum atomic E-state index is 12.0. The van der Waals surface area contributed by atoms with Crippen LogP contribution in [0, 0.1) is 5.92 Å². The minimum Gasteiger partial charge on any atom is -0.462 e. The van der Waals surface area contributed by atoms with Gasteiger partial charge < -0.3 is 9.47 Å². The van der Waals surface area contributed by atoms with Crippen LogP contribution in [0.2, 0.25) is 0 Å². The highest BCUT2D eigenvalue weighted by molar-refractivity contribution is 5.89. The van der Waals surface area contributed by atoms with Crippen molar-refractivity contribution in [2.45, 2.75) is 25.9 Å². The van der Waals surface area contributed by atoms with Crippen LogP contribution >= 0.6 is 0 Å². The van der Waals surface area contributed by atoms with Gasteiger partial charge in [-0.2, -0.15) is 0 Å². The van der Waals surface area contributed by atoms with E-state index in [1.54, 1.807) is 13.2 Å². The quantitative estimate of drug-likeness (QED) is 0.601. The molecule has 0 saturated carbocycles. The van der Waals surface area contributed by atoms with Gasteiger partial charge in [0.25, 0.3) is 0 Å². The van der Waals surface area contributed by atoms with Crippen molar-refractivity contribution in [1.82, 2.24) is 0 Å².